The molecule has 0 aliphatic rings. The molecule has 0 atom stereocenters. The van der Waals surface area contributed by atoms with Gasteiger partial charge in [-0.25, -0.2) is 4.85 Å². The molecule has 0 bridgehead atoms. The predicted octanol–water partition coefficient (Wildman–Crippen LogP) is 4.83. The molecule has 0 N–H and O–H groups in total. The summed E-state index contributed by atoms with van der Waals surface area (Å²) in [6.07, 6.45) is 0. The fourth-order valence-electron chi connectivity index (χ4n) is 1.53. The molecule has 0 aliphatic carbocycles. The zero-order chi connectivity index (χ0) is 12.8. The Hall–Kier alpha value is -2.47. The third kappa shape index (κ3) is 3.26. The summed E-state index contributed by atoms with van der Waals surface area (Å²) < 4.78 is 0. The molecular weight excluding hydrogens is 222 g/mol. The third-order valence-electron chi connectivity index (χ3n) is 2.51. The average molecular weight is 235 g/mol. The molecule has 88 valence electrons. The SMILES string of the molecule is [C-]#[N+]c1cccc(CN=Nc2ccc(C)cc2)c1. The summed E-state index contributed by atoms with van der Waals surface area (Å²) in [6.45, 7) is 9.48. The van der Waals surface area contributed by atoms with Crippen molar-refractivity contribution in [3.63, 3.8) is 0 Å². The highest BCUT2D eigenvalue weighted by molar-refractivity contribution is 5.46. The first kappa shape index (κ1) is 12.0. The Kier molecular flexibility index (Phi) is 3.83. The molecule has 0 fully saturated rings. The van der Waals surface area contributed by atoms with E-state index in [1.165, 1.54) is 5.56 Å². The third-order valence-corrected chi connectivity index (χ3v) is 2.51. The molecule has 0 radical (unpaired) electrons. The Morgan fingerprint density at radius 1 is 1.11 bits per heavy atom. The van der Waals surface area contributed by atoms with Crippen LogP contribution in [0.15, 0.2) is 58.8 Å². The van der Waals surface area contributed by atoms with Crippen molar-refractivity contribution in [2.45, 2.75) is 13.5 Å². The first-order valence-corrected chi connectivity index (χ1v) is 5.68. The molecule has 0 saturated heterocycles. The van der Waals surface area contributed by atoms with E-state index in [0.717, 1.165) is 11.3 Å². The van der Waals surface area contributed by atoms with E-state index in [9.17, 15) is 0 Å². The number of nitrogens with zero attached hydrogens (tertiary/aromatic N) is 3. The maximum absolute atomic E-state index is 6.94. The van der Waals surface area contributed by atoms with E-state index in [4.69, 9.17) is 6.57 Å². The maximum atomic E-state index is 6.94. The van der Waals surface area contributed by atoms with Gasteiger partial charge >= 0.3 is 0 Å². The van der Waals surface area contributed by atoms with Gasteiger partial charge in [-0.3, -0.25) is 0 Å². The molecule has 0 aromatic heterocycles. The Morgan fingerprint density at radius 2 is 1.89 bits per heavy atom. The van der Waals surface area contributed by atoms with Crippen LogP contribution in [0, 0.1) is 13.5 Å². The van der Waals surface area contributed by atoms with E-state index in [0.29, 0.717) is 12.2 Å². The molecule has 18 heavy (non-hydrogen) atoms. The number of rotatable bonds is 3. The van der Waals surface area contributed by atoms with Crippen LogP contribution in [0.4, 0.5) is 11.4 Å². The number of aryl methyl sites for hydroxylation is 1. The molecular formula is C15H13N3. The Bertz CT molecular complexity index is 592. The van der Waals surface area contributed by atoms with Crippen molar-refractivity contribution in [3.05, 3.63) is 71.1 Å². The second kappa shape index (κ2) is 5.74. The van der Waals surface area contributed by atoms with Gasteiger partial charge in [0.05, 0.1) is 18.8 Å². The quantitative estimate of drug-likeness (QED) is 0.538. The zero-order valence-electron chi connectivity index (χ0n) is 10.2. The standard InChI is InChI=1S/C15H13N3/c1-12-6-8-14(9-7-12)18-17-11-13-4-3-5-15(10-13)16-2/h3-10H,11H2,1H3. The lowest BCUT2D eigenvalue weighted by Gasteiger charge is -1.97. The lowest BCUT2D eigenvalue weighted by molar-refractivity contribution is 0.960. The van der Waals surface area contributed by atoms with Gasteiger partial charge < -0.3 is 0 Å². The monoisotopic (exact) mass is 235 g/mol. The maximum Gasteiger partial charge on any atom is 0.187 e. The highest BCUT2D eigenvalue weighted by Gasteiger charge is 1.94. The van der Waals surface area contributed by atoms with Crippen molar-refractivity contribution in [3.8, 4) is 0 Å². The number of hydrogen-bond acceptors (Lipinski definition) is 2. The van der Waals surface area contributed by atoms with Crippen molar-refractivity contribution in [1.29, 1.82) is 0 Å². The summed E-state index contributed by atoms with van der Waals surface area (Å²) >= 11 is 0. The molecule has 0 unspecified atom stereocenters. The molecule has 2 rings (SSSR count). The van der Waals surface area contributed by atoms with E-state index in [1.54, 1.807) is 6.07 Å². The van der Waals surface area contributed by atoms with Crippen LogP contribution in [0.1, 0.15) is 11.1 Å². The summed E-state index contributed by atoms with van der Waals surface area (Å²) in [5.41, 5.74) is 3.69. The number of hydrogen-bond donors (Lipinski definition) is 0. The highest BCUT2D eigenvalue weighted by atomic mass is 15.1. The fourth-order valence-corrected chi connectivity index (χ4v) is 1.53. The lowest BCUT2D eigenvalue weighted by Crippen LogP contribution is -1.78. The second-order valence-corrected chi connectivity index (χ2v) is 4.02. The lowest BCUT2D eigenvalue weighted by atomic mass is 10.2. The van der Waals surface area contributed by atoms with Crippen molar-refractivity contribution in [2.24, 2.45) is 10.2 Å². The zero-order valence-corrected chi connectivity index (χ0v) is 10.2. The number of azo groups is 1. The molecule has 3 nitrogen and oxygen atoms in total. The van der Waals surface area contributed by atoms with Crippen molar-refractivity contribution in [2.75, 3.05) is 0 Å². The smallest absolute Gasteiger partial charge is 0.187 e. The normalized spacial score (nSPS) is 10.4. The van der Waals surface area contributed by atoms with Crippen LogP contribution in [-0.2, 0) is 6.54 Å². The van der Waals surface area contributed by atoms with Crippen LogP contribution in [0.5, 0.6) is 0 Å². The Morgan fingerprint density at radius 3 is 2.61 bits per heavy atom. The summed E-state index contributed by atoms with van der Waals surface area (Å²) in [4.78, 5) is 3.38. The van der Waals surface area contributed by atoms with Crippen LogP contribution in [0.3, 0.4) is 0 Å². The van der Waals surface area contributed by atoms with E-state index in [2.05, 4.69) is 15.1 Å². The summed E-state index contributed by atoms with van der Waals surface area (Å²) in [7, 11) is 0. The number of benzene rings is 2. The summed E-state index contributed by atoms with van der Waals surface area (Å²) in [6, 6.07) is 15.3. The minimum atomic E-state index is 0.497. The van der Waals surface area contributed by atoms with Crippen LogP contribution >= 0.6 is 0 Å². The minimum Gasteiger partial charge on any atom is -0.238 e. The van der Waals surface area contributed by atoms with Gasteiger partial charge in [-0.05, 0) is 24.6 Å². The first-order chi connectivity index (χ1) is 8.78. The van der Waals surface area contributed by atoms with Crippen LogP contribution in [0.25, 0.3) is 4.85 Å². The molecule has 2 aromatic carbocycles. The first-order valence-electron chi connectivity index (χ1n) is 5.68. The van der Waals surface area contributed by atoms with Crippen molar-refractivity contribution in [1.82, 2.24) is 0 Å². The van der Waals surface area contributed by atoms with Gasteiger partial charge in [0, 0.05) is 0 Å². The molecule has 0 aliphatic heterocycles. The average Bonchev–Trinajstić information content (AvgIpc) is 2.41. The van der Waals surface area contributed by atoms with Crippen molar-refractivity contribution < 1.29 is 0 Å². The predicted molar refractivity (Wildman–Crippen MR) is 72.1 cm³/mol. The molecule has 3 heteroatoms. The van der Waals surface area contributed by atoms with Gasteiger partial charge in [0.1, 0.15) is 0 Å². The van der Waals surface area contributed by atoms with Crippen LogP contribution in [0.2, 0.25) is 0 Å². The summed E-state index contributed by atoms with van der Waals surface area (Å²) in [5.74, 6) is 0. The summed E-state index contributed by atoms with van der Waals surface area (Å²) in [5, 5.41) is 8.28. The van der Waals surface area contributed by atoms with Crippen LogP contribution < -0.4 is 0 Å². The van der Waals surface area contributed by atoms with Gasteiger partial charge in [0.25, 0.3) is 0 Å². The van der Waals surface area contributed by atoms with Gasteiger partial charge in [-0.2, -0.15) is 10.2 Å². The minimum absolute atomic E-state index is 0.497. The van der Waals surface area contributed by atoms with Crippen LogP contribution in [-0.4, -0.2) is 0 Å². The van der Waals surface area contributed by atoms with Gasteiger partial charge in [-0.15, -0.1) is 0 Å². The van der Waals surface area contributed by atoms with Gasteiger partial charge in [0.2, 0.25) is 0 Å². The topological polar surface area (TPSA) is 29.1 Å². The molecule has 0 amide bonds. The molecule has 0 spiro atoms. The molecule has 2 aromatic rings. The Balaban J connectivity index is 2.03. The largest absolute Gasteiger partial charge is 0.238 e. The van der Waals surface area contributed by atoms with Gasteiger partial charge in [-0.1, -0.05) is 42.0 Å². The fraction of sp³-hybridized carbons (Fsp3) is 0.133. The van der Waals surface area contributed by atoms with E-state index in [-0.39, 0.29) is 0 Å². The van der Waals surface area contributed by atoms with E-state index < -0.39 is 0 Å². The molecule has 0 heterocycles. The second-order valence-electron chi connectivity index (χ2n) is 4.02. The van der Waals surface area contributed by atoms with Gasteiger partial charge in [0.15, 0.2) is 5.69 Å². The van der Waals surface area contributed by atoms with Crippen molar-refractivity contribution >= 4 is 11.4 Å². The van der Waals surface area contributed by atoms with E-state index >= 15 is 0 Å². The Labute approximate surface area is 107 Å². The molecule has 0 saturated carbocycles. The van der Waals surface area contributed by atoms with E-state index in [1.807, 2.05) is 49.4 Å². The highest BCUT2D eigenvalue weighted by Crippen LogP contribution is 2.16.